The Morgan fingerprint density at radius 1 is 1.22 bits per heavy atom. The zero-order valence-electron chi connectivity index (χ0n) is 20.1. The number of aromatic nitrogens is 2. The number of benzene rings is 2. The van der Waals surface area contributed by atoms with Gasteiger partial charge in [0.1, 0.15) is 11.6 Å². The van der Waals surface area contributed by atoms with Crippen molar-refractivity contribution in [3.63, 3.8) is 0 Å². The maximum absolute atomic E-state index is 12.0. The second-order valence-corrected chi connectivity index (χ2v) is 10.8. The third-order valence-corrected chi connectivity index (χ3v) is 7.80. The Bertz CT molecular complexity index is 1170. The summed E-state index contributed by atoms with van der Waals surface area (Å²) in [5.74, 6) is 0.741. The molecule has 1 amide bonds. The Morgan fingerprint density at radius 3 is 2.72 bits per heavy atom. The van der Waals surface area contributed by atoms with E-state index in [0.29, 0.717) is 11.4 Å². The van der Waals surface area contributed by atoms with Crippen molar-refractivity contribution in [1.29, 1.82) is 0 Å². The van der Waals surface area contributed by atoms with Crippen molar-refractivity contribution in [2.75, 3.05) is 17.7 Å². The molecule has 10 heteroatoms. The monoisotopic (exact) mass is 527 g/mol. The number of nitrogens with zero attached hydrogens (tertiary/aromatic N) is 2. The summed E-state index contributed by atoms with van der Waals surface area (Å²) in [6.45, 7) is 7.71. The van der Waals surface area contributed by atoms with E-state index in [4.69, 9.17) is 14.2 Å². The van der Waals surface area contributed by atoms with Crippen LogP contribution in [0.25, 0.3) is 0 Å². The van der Waals surface area contributed by atoms with Crippen LogP contribution in [0.4, 0.5) is 10.5 Å². The zero-order chi connectivity index (χ0) is 25.5. The number of hydrogen-bond donors (Lipinski definition) is 2. The van der Waals surface area contributed by atoms with Gasteiger partial charge in [0.2, 0.25) is 0 Å². The number of rotatable bonds is 9. The van der Waals surface area contributed by atoms with Crippen LogP contribution in [0.1, 0.15) is 41.0 Å². The lowest BCUT2D eigenvalue weighted by Crippen LogP contribution is -2.38. The number of anilines is 1. The van der Waals surface area contributed by atoms with Crippen LogP contribution < -0.4 is 5.32 Å². The fraction of sp³-hybridized carbons (Fsp3) is 0.346. The van der Waals surface area contributed by atoms with Gasteiger partial charge in [-0.3, -0.25) is 5.32 Å². The predicted molar refractivity (Wildman–Crippen MR) is 140 cm³/mol. The summed E-state index contributed by atoms with van der Waals surface area (Å²) in [5.41, 5.74) is 3.21. The second kappa shape index (κ2) is 12.5. The minimum absolute atomic E-state index is 0.0113. The van der Waals surface area contributed by atoms with Crippen LogP contribution in [0, 0.1) is 12.8 Å². The van der Waals surface area contributed by atoms with E-state index in [1.807, 2.05) is 49.4 Å². The van der Waals surface area contributed by atoms with Gasteiger partial charge in [-0.2, -0.15) is 0 Å². The van der Waals surface area contributed by atoms with Gasteiger partial charge in [-0.1, -0.05) is 79.1 Å². The Hall–Kier alpha value is -2.76. The molecule has 1 aliphatic heterocycles. The van der Waals surface area contributed by atoms with E-state index in [0.717, 1.165) is 26.0 Å². The molecule has 2 heterocycles. The van der Waals surface area contributed by atoms with Gasteiger partial charge >= 0.3 is 6.09 Å². The molecule has 3 aromatic rings. The van der Waals surface area contributed by atoms with Crippen molar-refractivity contribution in [1.82, 2.24) is 10.2 Å². The molecule has 8 nitrogen and oxygen atoms in total. The SMILES string of the molecule is C=CCOC(=O)Nc1cccc(C2OC(CSc3nnc(C)s3)C(C)C(c3ccc(CO)cc3)O2)c1. The maximum Gasteiger partial charge on any atom is 0.411 e. The first-order valence-electron chi connectivity index (χ1n) is 11.5. The highest BCUT2D eigenvalue weighted by molar-refractivity contribution is 8.01. The van der Waals surface area contributed by atoms with Gasteiger partial charge in [-0.25, -0.2) is 4.79 Å². The minimum Gasteiger partial charge on any atom is -0.445 e. The normalized spacial score (nSPS) is 21.6. The molecule has 1 fully saturated rings. The Morgan fingerprint density at radius 2 is 2.03 bits per heavy atom. The van der Waals surface area contributed by atoms with Crippen molar-refractivity contribution in [2.45, 2.75) is 43.3 Å². The van der Waals surface area contributed by atoms with Gasteiger partial charge in [0.25, 0.3) is 0 Å². The predicted octanol–water partition coefficient (Wildman–Crippen LogP) is 5.66. The first-order valence-corrected chi connectivity index (χ1v) is 13.3. The molecule has 1 aliphatic rings. The highest BCUT2D eigenvalue weighted by atomic mass is 32.2. The van der Waals surface area contributed by atoms with Crippen LogP contribution in [-0.2, 0) is 20.8 Å². The summed E-state index contributed by atoms with van der Waals surface area (Å²) in [6, 6.07) is 15.1. The number of thioether (sulfide) groups is 1. The number of carbonyl (C=O) groups excluding carboxylic acids is 1. The largest absolute Gasteiger partial charge is 0.445 e. The Balaban J connectivity index is 1.56. The quantitative estimate of drug-likeness (QED) is 0.272. The van der Waals surface area contributed by atoms with Gasteiger partial charge in [0.15, 0.2) is 10.6 Å². The Kier molecular flexibility index (Phi) is 9.11. The summed E-state index contributed by atoms with van der Waals surface area (Å²) in [7, 11) is 0. The molecule has 36 heavy (non-hydrogen) atoms. The van der Waals surface area contributed by atoms with E-state index in [2.05, 4.69) is 29.0 Å². The fourth-order valence-electron chi connectivity index (χ4n) is 3.85. The molecule has 0 saturated carbocycles. The summed E-state index contributed by atoms with van der Waals surface area (Å²) in [6.07, 6.45) is -0.0527. The average Bonchev–Trinajstić information content (AvgIpc) is 3.32. The smallest absolute Gasteiger partial charge is 0.411 e. The number of aliphatic hydroxyl groups excluding tert-OH is 1. The molecule has 2 N–H and O–H groups in total. The molecule has 0 aliphatic carbocycles. The zero-order valence-corrected chi connectivity index (χ0v) is 21.8. The van der Waals surface area contributed by atoms with E-state index in [1.165, 1.54) is 6.08 Å². The second-order valence-electron chi connectivity index (χ2n) is 8.36. The number of carbonyl (C=O) groups is 1. The highest BCUT2D eigenvalue weighted by Gasteiger charge is 2.38. The van der Waals surface area contributed by atoms with Crippen LogP contribution in [0.15, 0.2) is 65.5 Å². The van der Waals surface area contributed by atoms with Crippen molar-refractivity contribution in [3.05, 3.63) is 82.9 Å². The van der Waals surface area contributed by atoms with E-state index in [1.54, 1.807) is 29.2 Å². The molecule has 0 radical (unpaired) electrons. The topological polar surface area (TPSA) is 103 Å². The van der Waals surface area contributed by atoms with E-state index < -0.39 is 12.4 Å². The van der Waals surface area contributed by atoms with Crippen molar-refractivity contribution in [3.8, 4) is 0 Å². The lowest BCUT2D eigenvalue weighted by Gasteiger charge is -2.41. The standard InChI is InChI=1S/C26H29N3O5S2/c1-4-12-32-25(31)27-21-7-5-6-20(13-21)24-33-22(15-35-26-29-28-17(3)36-26)16(2)23(34-24)19-10-8-18(14-30)9-11-19/h4-11,13,16,22-24,30H,1,12,14-15H2,2-3H3,(H,27,31). The first kappa shape index (κ1) is 26.3. The number of hydrogen-bond acceptors (Lipinski definition) is 9. The molecule has 2 aromatic carbocycles. The molecular formula is C26H29N3O5S2. The summed E-state index contributed by atoms with van der Waals surface area (Å²) in [4.78, 5) is 12.0. The van der Waals surface area contributed by atoms with Gasteiger partial charge in [0, 0.05) is 22.9 Å². The maximum atomic E-state index is 12.0. The molecule has 4 rings (SSSR count). The van der Waals surface area contributed by atoms with Crippen LogP contribution in [-0.4, -0.2) is 39.9 Å². The Labute approximate surface area is 218 Å². The van der Waals surface area contributed by atoms with Gasteiger partial charge < -0.3 is 19.3 Å². The highest BCUT2D eigenvalue weighted by Crippen LogP contribution is 2.43. The number of amides is 1. The van der Waals surface area contributed by atoms with Crippen LogP contribution >= 0.6 is 23.1 Å². The van der Waals surface area contributed by atoms with Crippen LogP contribution in [0.2, 0.25) is 0 Å². The third-order valence-electron chi connectivity index (χ3n) is 5.74. The first-order chi connectivity index (χ1) is 17.5. The lowest BCUT2D eigenvalue weighted by atomic mass is 9.91. The van der Waals surface area contributed by atoms with Crippen LogP contribution in [0.5, 0.6) is 0 Å². The molecule has 1 saturated heterocycles. The van der Waals surface area contributed by atoms with Crippen LogP contribution in [0.3, 0.4) is 0 Å². The number of nitrogens with one attached hydrogen (secondary N) is 1. The van der Waals surface area contributed by atoms with Crippen molar-refractivity contribution < 1.29 is 24.1 Å². The fourth-order valence-corrected chi connectivity index (χ4v) is 5.86. The number of ether oxygens (including phenoxy) is 3. The van der Waals surface area contributed by atoms with Crippen molar-refractivity contribution >= 4 is 34.9 Å². The van der Waals surface area contributed by atoms with E-state index >= 15 is 0 Å². The lowest BCUT2D eigenvalue weighted by molar-refractivity contribution is -0.268. The number of aliphatic hydroxyl groups is 1. The molecule has 0 spiro atoms. The van der Waals surface area contributed by atoms with Gasteiger partial charge in [-0.15, -0.1) is 10.2 Å². The molecule has 1 aromatic heterocycles. The van der Waals surface area contributed by atoms with E-state index in [9.17, 15) is 9.90 Å². The molecule has 4 atom stereocenters. The molecular weight excluding hydrogens is 498 g/mol. The van der Waals surface area contributed by atoms with Crippen molar-refractivity contribution in [2.24, 2.45) is 5.92 Å². The minimum atomic E-state index is -0.642. The third kappa shape index (κ3) is 6.71. The summed E-state index contributed by atoms with van der Waals surface area (Å²) in [5, 5.41) is 21.4. The van der Waals surface area contributed by atoms with Gasteiger partial charge in [-0.05, 0) is 30.2 Å². The molecule has 4 unspecified atom stereocenters. The van der Waals surface area contributed by atoms with Gasteiger partial charge in [0.05, 0.1) is 18.8 Å². The molecule has 0 bridgehead atoms. The summed E-state index contributed by atoms with van der Waals surface area (Å²) < 4.78 is 18.9. The summed E-state index contributed by atoms with van der Waals surface area (Å²) >= 11 is 3.18. The van der Waals surface area contributed by atoms with E-state index in [-0.39, 0.29) is 31.3 Å². The number of aryl methyl sites for hydroxylation is 1. The average molecular weight is 528 g/mol. The molecule has 190 valence electrons.